The molecule has 0 radical (unpaired) electrons. The number of phenolic OH excluding ortho intramolecular Hbond substituents is 1. The van der Waals surface area contributed by atoms with Crippen LogP contribution in [0.4, 0.5) is 0 Å². The lowest BCUT2D eigenvalue weighted by Gasteiger charge is -2.17. The SMILES string of the molecule is COP(O)(=S)OCCCCCCNC(=O)c1ccc(C(=O)O)c(-c2c3ccc(=O)cc-3oc3cc(O)ccc23)c1. The van der Waals surface area contributed by atoms with Crippen molar-refractivity contribution in [2.75, 3.05) is 20.3 Å². The quantitative estimate of drug-likeness (QED) is 0.0998. The van der Waals surface area contributed by atoms with E-state index >= 15 is 0 Å². The van der Waals surface area contributed by atoms with Gasteiger partial charge in [0.2, 0.25) is 0 Å². The molecule has 1 amide bonds. The summed E-state index contributed by atoms with van der Waals surface area (Å²) in [5.74, 6) is -1.39. The van der Waals surface area contributed by atoms with Gasteiger partial charge >= 0.3 is 12.7 Å². The maximum absolute atomic E-state index is 13.0. The third-order valence-electron chi connectivity index (χ3n) is 6.30. The van der Waals surface area contributed by atoms with Crippen LogP contribution >= 0.6 is 6.72 Å². The molecule has 1 heterocycles. The summed E-state index contributed by atoms with van der Waals surface area (Å²) < 4.78 is 15.7. The van der Waals surface area contributed by atoms with E-state index in [4.69, 9.17) is 25.3 Å². The van der Waals surface area contributed by atoms with E-state index in [1.54, 1.807) is 12.1 Å². The summed E-state index contributed by atoms with van der Waals surface area (Å²) in [7, 11) is 1.30. The average molecular weight is 586 g/mol. The van der Waals surface area contributed by atoms with Gasteiger partial charge in [-0.15, -0.1) is 0 Å². The minimum atomic E-state index is -3.14. The monoisotopic (exact) mass is 585 g/mol. The third kappa shape index (κ3) is 6.93. The number of rotatable bonds is 12. The third-order valence-corrected chi connectivity index (χ3v) is 8.03. The van der Waals surface area contributed by atoms with Crippen LogP contribution in [0.3, 0.4) is 0 Å². The van der Waals surface area contributed by atoms with Crippen LogP contribution < -0.4 is 10.7 Å². The highest BCUT2D eigenvalue weighted by Crippen LogP contribution is 2.43. The molecule has 0 aromatic heterocycles. The van der Waals surface area contributed by atoms with Gasteiger partial charge in [-0.25, -0.2) is 4.79 Å². The van der Waals surface area contributed by atoms with Gasteiger partial charge in [-0.3, -0.25) is 9.59 Å². The van der Waals surface area contributed by atoms with E-state index in [0.717, 1.165) is 12.8 Å². The number of hydrogen-bond acceptors (Lipinski definition) is 8. The first kappa shape index (κ1) is 29.4. The number of phenols is 1. The van der Waals surface area contributed by atoms with Crippen molar-refractivity contribution in [3.05, 3.63) is 75.9 Å². The number of fused-ring (bicyclic) bond motifs is 2. The van der Waals surface area contributed by atoms with Crippen LogP contribution in [-0.4, -0.2) is 47.2 Å². The van der Waals surface area contributed by atoms with Gasteiger partial charge in [-0.1, -0.05) is 12.8 Å². The van der Waals surface area contributed by atoms with Crippen LogP contribution in [0.5, 0.6) is 5.75 Å². The van der Waals surface area contributed by atoms with Crippen molar-refractivity contribution >= 4 is 41.4 Å². The Labute approximate surface area is 234 Å². The van der Waals surface area contributed by atoms with Crippen LogP contribution in [0, 0.1) is 0 Å². The molecule has 4 N–H and O–H groups in total. The molecule has 0 fully saturated rings. The second-order valence-electron chi connectivity index (χ2n) is 9.04. The zero-order valence-electron chi connectivity index (χ0n) is 21.6. The Morgan fingerprint density at radius 3 is 2.52 bits per heavy atom. The Morgan fingerprint density at radius 2 is 1.77 bits per heavy atom. The summed E-state index contributed by atoms with van der Waals surface area (Å²) in [6.45, 7) is -2.44. The smallest absolute Gasteiger partial charge is 0.336 e. The molecule has 0 saturated carbocycles. The van der Waals surface area contributed by atoms with Gasteiger partial charge in [0, 0.05) is 47.9 Å². The summed E-state index contributed by atoms with van der Waals surface area (Å²) in [5, 5.41) is 23.3. The van der Waals surface area contributed by atoms with Crippen LogP contribution in [0.15, 0.2) is 63.8 Å². The molecule has 1 aliphatic carbocycles. The van der Waals surface area contributed by atoms with Gasteiger partial charge in [0.15, 0.2) is 5.43 Å². The van der Waals surface area contributed by atoms with Gasteiger partial charge in [-0.05, 0) is 72.7 Å². The lowest BCUT2D eigenvalue weighted by molar-refractivity contribution is 0.0697. The minimum Gasteiger partial charge on any atom is -0.508 e. The highest BCUT2D eigenvalue weighted by molar-refractivity contribution is 8.07. The van der Waals surface area contributed by atoms with E-state index in [9.17, 15) is 29.5 Å². The van der Waals surface area contributed by atoms with Crippen molar-refractivity contribution in [3.8, 4) is 28.2 Å². The highest BCUT2D eigenvalue weighted by atomic mass is 32.5. The van der Waals surface area contributed by atoms with E-state index in [2.05, 4.69) is 5.32 Å². The number of unbranched alkanes of at least 4 members (excludes halogenated alkanes) is 3. The van der Waals surface area contributed by atoms with Crippen molar-refractivity contribution in [2.24, 2.45) is 0 Å². The maximum Gasteiger partial charge on any atom is 0.336 e. The van der Waals surface area contributed by atoms with Gasteiger partial charge in [0.1, 0.15) is 17.1 Å². The fourth-order valence-corrected chi connectivity index (χ4v) is 5.03. The molecule has 10 nitrogen and oxygen atoms in total. The Balaban J connectivity index is 1.56. The molecule has 40 heavy (non-hydrogen) atoms. The summed E-state index contributed by atoms with van der Waals surface area (Å²) >= 11 is 4.77. The molecule has 2 aliphatic rings. The standard InChI is InChI=1S/C28H28NO9PS/c1-36-39(35,40)37-13-5-3-2-4-12-29-27(32)17-6-9-20(28(33)34)23(14-17)26-21-10-7-18(30)15-24(21)38-25-16-19(31)8-11-22(25)26/h6-11,14-16,30H,2-5,12-13H2,1H3,(H,29,32)(H,33,34)(H,35,40). The Bertz CT molecular complexity index is 1630. The van der Waals surface area contributed by atoms with Crippen molar-refractivity contribution in [1.82, 2.24) is 5.32 Å². The molecule has 12 heteroatoms. The van der Waals surface area contributed by atoms with Crippen molar-refractivity contribution in [2.45, 2.75) is 25.7 Å². The first-order valence-electron chi connectivity index (χ1n) is 12.5. The average Bonchev–Trinajstić information content (AvgIpc) is 2.92. The number of carbonyl (C=O) groups excluding carboxylic acids is 1. The molecule has 2 aromatic rings. The summed E-state index contributed by atoms with van der Waals surface area (Å²) in [5.41, 5.74) is 1.43. The first-order chi connectivity index (χ1) is 19.1. The second kappa shape index (κ2) is 12.7. The normalized spacial score (nSPS) is 12.8. The van der Waals surface area contributed by atoms with Crippen molar-refractivity contribution < 1.29 is 38.2 Å². The van der Waals surface area contributed by atoms with E-state index in [1.165, 1.54) is 49.6 Å². The van der Waals surface area contributed by atoms with Gasteiger partial charge in [0.05, 0.1) is 12.2 Å². The Kier molecular flexibility index (Phi) is 9.34. The topological polar surface area (TPSA) is 156 Å². The maximum atomic E-state index is 13.0. The summed E-state index contributed by atoms with van der Waals surface area (Å²) in [4.78, 5) is 46.8. The number of benzene rings is 3. The van der Waals surface area contributed by atoms with E-state index in [-0.39, 0.29) is 45.1 Å². The molecule has 0 bridgehead atoms. The zero-order chi connectivity index (χ0) is 28.9. The Hall–Kier alpha value is -3.60. The van der Waals surface area contributed by atoms with E-state index < -0.39 is 12.7 Å². The molecule has 0 spiro atoms. The molecule has 210 valence electrons. The number of aromatic carboxylic acids is 1. The number of hydrogen-bond donors (Lipinski definition) is 4. The molecule has 0 saturated heterocycles. The number of amides is 1. The van der Waals surface area contributed by atoms with Gasteiger partial charge < -0.3 is 33.9 Å². The molecular formula is C28H28NO9PS. The predicted molar refractivity (Wildman–Crippen MR) is 153 cm³/mol. The molecule has 4 rings (SSSR count). The van der Waals surface area contributed by atoms with Crippen LogP contribution in [0.1, 0.15) is 46.4 Å². The number of aromatic hydroxyl groups is 1. The molecule has 1 aliphatic heterocycles. The largest absolute Gasteiger partial charge is 0.508 e. The van der Waals surface area contributed by atoms with Crippen LogP contribution in [-0.2, 0) is 20.9 Å². The number of nitrogens with one attached hydrogen (secondary N) is 1. The molecular weight excluding hydrogens is 557 g/mol. The molecule has 1 atom stereocenters. The number of carboxylic acids is 1. The van der Waals surface area contributed by atoms with Gasteiger partial charge in [-0.2, -0.15) is 0 Å². The lowest BCUT2D eigenvalue weighted by atomic mass is 9.89. The predicted octanol–water partition coefficient (Wildman–Crippen LogP) is 5.14. The number of carbonyl (C=O) groups is 2. The number of carboxylic acid groups (broad SMARTS) is 1. The van der Waals surface area contributed by atoms with Gasteiger partial charge in [0.25, 0.3) is 5.91 Å². The fourth-order valence-electron chi connectivity index (χ4n) is 4.35. The molecule has 2 aromatic carbocycles. The van der Waals surface area contributed by atoms with Crippen LogP contribution in [0.2, 0.25) is 0 Å². The van der Waals surface area contributed by atoms with Crippen molar-refractivity contribution in [1.29, 1.82) is 0 Å². The molecule has 1 unspecified atom stereocenters. The summed E-state index contributed by atoms with van der Waals surface area (Å²) in [6, 6.07) is 13.0. The first-order valence-corrected chi connectivity index (χ1v) is 15.1. The summed E-state index contributed by atoms with van der Waals surface area (Å²) in [6.07, 6.45) is 3.02. The minimum absolute atomic E-state index is 0.0336. The highest BCUT2D eigenvalue weighted by Gasteiger charge is 2.23. The van der Waals surface area contributed by atoms with Crippen molar-refractivity contribution in [3.63, 3.8) is 0 Å². The second-order valence-corrected chi connectivity index (χ2v) is 12.0. The Morgan fingerprint density at radius 1 is 1.00 bits per heavy atom. The fraction of sp³-hybridized carbons (Fsp3) is 0.250. The lowest BCUT2D eigenvalue weighted by Crippen LogP contribution is -2.24. The van der Waals surface area contributed by atoms with Crippen LogP contribution in [0.25, 0.3) is 33.4 Å². The zero-order valence-corrected chi connectivity index (χ0v) is 23.3. The van der Waals surface area contributed by atoms with E-state index in [1.807, 2.05) is 0 Å². The van der Waals surface area contributed by atoms with E-state index in [0.29, 0.717) is 42.5 Å².